The van der Waals surface area contributed by atoms with E-state index >= 15 is 0 Å². The number of halogens is 1. The fourth-order valence-electron chi connectivity index (χ4n) is 2.47. The average Bonchev–Trinajstić information content (AvgIpc) is 2.29. The van der Waals surface area contributed by atoms with Crippen LogP contribution < -0.4 is 5.32 Å². The molecule has 0 aromatic heterocycles. The highest BCUT2D eigenvalue weighted by Crippen LogP contribution is 2.37. The van der Waals surface area contributed by atoms with E-state index in [1.165, 1.54) is 18.4 Å². The van der Waals surface area contributed by atoms with E-state index in [4.69, 9.17) is 4.74 Å². The van der Waals surface area contributed by atoms with Gasteiger partial charge in [-0.1, -0.05) is 28.1 Å². The Balaban J connectivity index is 1.69. The molecule has 2 nitrogen and oxygen atoms in total. The molecule has 2 rings (SSSR count). The van der Waals surface area contributed by atoms with Gasteiger partial charge in [-0.15, -0.1) is 0 Å². The molecule has 3 heteroatoms. The standard InChI is InChI=1S/C15H22BrNO/c1-3-18-11(2)10-17-15-8-13(9-15)12-4-6-14(16)7-5-12/h4-7,11,13,15,17H,3,8-10H2,1-2H3. The Hall–Kier alpha value is -0.380. The van der Waals surface area contributed by atoms with E-state index in [9.17, 15) is 0 Å². The lowest BCUT2D eigenvalue weighted by atomic mass is 9.76. The fourth-order valence-corrected chi connectivity index (χ4v) is 2.73. The zero-order chi connectivity index (χ0) is 13.0. The molecule has 1 fully saturated rings. The van der Waals surface area contributed by atoms with E-state index in [-0.39, 0.29) is 0 Å². The highest BCUT2D eigenvalue weighted by molar-refractivity contribution is 9.10. The molecule has 0 radical (unpaired) electrons. The van der Waals surface area contributed by atoms with Crippen LogP contribution in [0, 0.1) is 0 Å². The van der Waals surface area contributed by atoms with Gasteiger partial charge in [0, 0.05) is 23.7 Å². The number of benzene rings is 1. The first kappa shape index (κ1) is 14.0. The second-order valence-electron chi connectivity index (χ2n) is 5.09. The van der Waals surface area contributed by atoms with Crippen LogP contribution in [0.1, 0.15) is 38.2 Å². The Kier molecular flexibility index (Phi) is 5.22. The van der Waals surface area contributed by atoms with E-state index in [1.807, 2.05) is 6.92 Å². The summed E-state index contributed by atoms with van der Waals surface area (Å²) in [5, 5.41) is 3.58. The molecule has 0 aliphatic heterocycles. The van der Waals surface area contributed by atoms with Gasteiger partial charge in [0.25, 0.3) is 0 Å². The second-order valence-corrected chi connectivity index (χ2v) is 6.01. The van der Waals surface area contributed by atoms with Crippen LogP contribution in [-0.2, 0) is 4.74 Å². The zero-order valence-corrected chi connectivity index (χ0v) is 12.7. The maximum absolute atomic E-state index is 5.52. The Morgan fingerprint density at radius 2 is 2.00 bits per heavy atom. The van der Waals surface area contributed by atoms with Crippen molar-refractivity contribution in [3.05, 3.63) is 34.3 Å². The van der Waals surface area contributed by atoms with Crippen molar-refractivity contribution in [2.75, 3.05) is 13.2 Å². The predicted octanol–water partition coefficient (Wildman–Crippen LogP) is 3.71. The number of ether oxygens (including phenoxy) is 1. The molecule has 0 saturated heterocycles. The van der Waals surface area contributed by atoms with Crippen molar-refractivity contribution in [2.24, 2.45) is 0 Å². The molecular formula is C15H22BrNO. The lowest BCUT2D eigenvalue weighted by Crippen LogP contribution is -2.43. The van der Waals surface area contributed by atoms with Gasteiger partial charge in [-0.2, -0.15) is 0 Å². The first-order valence-corrected chi connectivity index (χ1v) is 7.58. The summed E-state index contributed by atoms with van der Waals surface area (Å²) < 4.78 is 6.68. The minimum atomic E-state index is 0.321. The molecule has 1 aliphatic carbocycles. The van der Waals surface area contributed by atoms with Crippen molar-refractivity contribution in [1.82, 2.24) is 5.32 Å². The van der Waals surface area contributed by atoms with Crippen LogP contribution in [0.4, 0.5) is 0 Å². The van der Waals surface area contributed by atoms with Gasteiger partial charge < -0.3 is 10.1 Å². The summed E-state index contributed by atoms with van der Waals surface area (Å²) in [5.41, 5.74) is 1.47. The highest BCUT2D eigenvalue weighted by atomic mass is 79.9. The van der Waals surface area contributed by atoms with Gasteiger partial charge in [0.2, 0.25) is 0 Å². The second kappa shape index (κ2) is 6.69. The van der Waals surface area contributed by atoms with Gasteiger partial charge in [-0.3, -0.25) is 0 Å². The molecule has 1 N–H and O–H groups in total. The zero-order valence-electron chi connectivity index (χ0n) is 11.2. The molecule has 0 bridgehead atoms. The van der Waals surface area contributed by atoms with Crippen molar-refractivity contribution in [1.29, 1.82) is 0 Å². The molecule has 1 aliphatic rings. The van der Waals surface area contributed by atoms with Crippen molar-refractivity contribution >= 4 is 15.9 Å². The summed E-state index contributed by atoms with van der Waals surface area (Å²) in [7, 11) is 0. The molecule has 1 aromatic rings. The molecule has 0 heterocycles. The number of hydrogen-bond acceptors (Lipinski definition) is 2. The molecule has 1 saturated carbocycles. The SMILES string of the molecule is CCOC(C)CNC1CC(c2ccc(Br)cc2)C1. The van der Waals surface area contributed by atoms with E-state index in [0.717, 1.165) is 23.5 Å². The Labute approximate surface area is 118 Å². The van der Waals surface area contributed by atoms with Crippen LogP contribution in [0.2, 0.25) is 0 Å². The van der Waals surface area contributed by atoms with Gasteiger partial charge in [-0.05, 0) is 50.3 Å². The number of rotatable bonds is 6. The van der Waals surface area contributed by atoms with Gasteiger partial charge >= 0.3 is 0 Å². The van der Waals surface area contributed by atoms with Gasteiger partial charge in [0.15, 0.2) is 0 Å². The summed E-state index contributed by atoms with van der Waals surface area (Å²) in [4.78, 5) is 0. The molecule has 1 atom stereocenters. The lowest BCUT2D eigenvalue weighted by molar-refractivity contribution is 0.0702. The van der Waals surface area contributed by atoms with Gasteiger partial charge in [0.1, 0.15) is 0 Å². The topological polar surface area (TPSA) is 21.3 Å². The summed E-state index contributed by atoms with van der Waals surface area (Å²) in [5.74, 6) is 0.734. The highest BCUT2D eigenvalue weighted by Gasteiger charge is 2.29. The van der Waals surface area contributed by atoms with Crippen molar-refractivity contribution < 1.29 is 4.74 Å². The summed E-state index contributed by atoms with van der Waals surface area (Å²) >= 11 is 3.48. The van der Waals surface area contributed by atoms with Crippen molar-refractivity contribution in [2.45, 2.75) is 44.8 Å². The minimum Gasteiger partial charge on any atom is -0.377 e. The monoisotopic (exact) mass is 311 g/mol. The first-order chi connectivity index (χ1) is 8.69. The van der Waals surface area contributed by atoms with E-state index in [1.54, 1.807) is 0 Å². The number of hydrogen-bond donors (Lipinski definition) is 1. The first-order valence-electron chi connectivity index (χ1n) is 6.79. The Morgan fingerprint density at radius 3 is 2.61 bits per heavy atom. The number of nitrogens with one attached hydrogen (secondary N) is 1. The third kappa shape index (κ3) is 3.81. The molecule has 1 aromatic carbocycles. The van der Waals surface area contributed by atoms with E-state index < -0.39 is 0 Å². The van der Waals surface area contributed by atoms with Crippen LogP contribution in [0.3, 0.4) is 0 Å². The summed E-state index contributed by atoms with van der Waals surface area (Å²) in [6, 6.07) is 9.39. The third-order valence-corrected chi connectivity index (χ3v) is 4.15. The van der Waals surface area contributed by atoms with E-state index in [0.29, 0.717) is 12.1 Å². The maximum atomic E-state index is 5.52. The van der Waals surface area contributed by atoms with Crippen molar-refractivity contribution in [3.63, 3.8) is 0 Å². The molecule has 1 unspecified atom stereocenters. The quantitative estimate of drug-likeness (QED) is 0.864. The van der Waals surface area contributed by atoms with Gasteiger partial charge in [0.05, 0.1) is 6.10 Å². The smallest absolute Gasteiger partial charge is 0.0671 e. The largest absolute Gasteiger partial charge is 0.377 e. The predicted molar refractivity (Wildman–Crippen MR) is 79.0 cm³/mol. The molecular weight excluding hydrogens is 290 g/mol. The van der Waals surface area contributed by atoms with Crippen molar-refractivity contribution in [3.8, 4) is 0 Å². The van der Waals surface area contributed by atoms with Crippen LogP contribution in [0.5, 0.6) is 0 Å². The minimum absolute atomic E-state index is 0.321. The van der Waals surface area contributed by atoms with Crippen LogP contribution >= 0.6 is 15.9 Å². The molecule has 100 valence electrons. The normalized spacial score (nSPS) is 24.6. The fraction of sp³-hybridized carbons (Fsp3) is 0.600. The molecule has 18 heavy (non-hydrogen) atoms. The summed E-state index contributed by atoms with van der Waals surface area (Å²) in [6.45, 7) is 5.94. The Bertz CT molecular complexity index is 359. The molecule has 0 spiro atoms. The van der Waals surface area contributed by atoms with Crippen LogP contribution in [0.15, 0.2) is 28.7 Å². The third-order valence-electron chi connectivity index (χ3n) is 3.62. The van der Waals surface area contributed by atoms with E-state index in [2.05, 4.69) is 52.4 Å². The Morgan fingerprint density at radius 1 is 1.33 bits per heavy atom. The van der Waals surface area contributed by atoms with Gasteiger partial charge in [-0.25, -0.2) is 0 Å². The lowest BCUT2D eigenvalue weighted by Gasteiger charge is -2.37. The maximum Gasteiger partial charge on any atom is 0.0671 e. The van der Waals surface area contributed by atoms with Crippen LogP contribution in [-0.4, -0.2) is 25.3 Å². The summed E-state index contributed by atoms with van der Waals surface area (Å²) in [6.07, 6.45) is 2.82. The average molecular weight is 312 g/mol. The molecule has 0 amide bonds. The van der Waals surface area contributed by atoms with Crippen LogP contribution in [0.25, 0.3) is 0 Å².